The van der Waals surface area contributed by atoms with Gasteiger partial charge < -0.3 is 0 Å². The van der Waals surface area contributed by atoms with Crippen LogP contribution in [0.4, 0.5) is 0 Å². The third-order valence-electron chi connectivity index (χ3n) is 5.96. The molecule has 0 aromatic carbocycles. The van der Waals surface area contributed by atoms with Gasteiger partial charge >= 0.3 is 0 Å². The SMILES string of the molecule is CC=CCCCCCCCCCCCCCCCCCCCCCCCC. The van der Waals surface area contributed by atoms with E-state index >= 15 is 0 Å². The molecule has 0 aliphatic heterocycles. The first-order chi connectivity index (χ1) is 13.4. The van der Waals surface area contributed by atoms with Crippen LogP contribution in [-0.4, -0.2) is 0 Å². The van der Waals surface area contributed by atoms with Crippen molar-refractivity contribution in [3.63, 3.8) is 0 Å². The minimum absolute atomic E-state index is 1.29. The molecule has 0 aromatic rings. The molecule has 0 atom stereocenters. The van der Waals surface area contributed by atoms with Gasteiger partial charge in [0, 0.05) is 0 Å². The molecule has 0 unspecified atom stereocenters. The van der Waals surface area contributed by atoms with E-state index in [0.29, 0.717) is 0 Å². The highest BCUT2D eigenvalue weighted by Gasteiger charge is 1.95. The zero-order valence-electron chi connectivity index (χ0n) is 19.4. The number of rotatable bonds is 23. The van der Waals surface area contributed by atoms with Gasteiger partial charge in [-0.05, 0) is 19.8 Å². The Morgan fingerprint density at radius 1 is 0.370 bits per heavy atom. The monoisotopic (exact) mass is 378 g/mol. The van der Waals surface area contributed by atoms with E-state index in [0.717, 1.165) is 0 Å². The van der Waals surface area contributed by atoms with E-state index in [1.165, 1.54) is 148 Å². The maximum absolute atomic E-state index is 2.30. The van der Waals surface area contributed by atoms with Crippen LogP contribution in [0.1, 0.15) is 162 Å². The van der Waals surface area contributed by atoms with Crippen molar-refractivity contribution in [2.45, 2.75) is 162 Å². The van der Waals surface area contributed by atoms with Crippen molar-refractivity contribution in [3.05, 3.63) is 12.2 Å². The van der Waals surface area contributed by atoms with Gasteiger partial charge in [-0.25, -0.2) is 0 Å². The second-order valence-corrected chi connectivity index (χ2v) is 8.78. The van der Waals surface area contributed by atoms with Gasteiger partial charge in [-0.2, -0.15) is 0 Å². The van der Waals surface area contributed by atoms with E-state index in [2.05, 4.69) is 26.0 Å². The molecule has 162 valence electrons. The largest absolute Gasteiger partial charge is 0.0917 e. The van der Waals surface area contributed by atoms with Crippen LogP contribution in [0.15, 0.2) is 12.2 Å². The first kappa shape index (κ1) is 26.7. The lowest BCUT2D eigenvalue weighted by molar-refractivity contribution is 0.519. The van der Waals surface area contributed by atoms with Gasteiger partial charge in [-0.15, -0.1) is 0 Å². The summed E-state index contributed by atoms with van der Waals surface area (Å²) in [5.74, 6) is 0. The second-order valence-electron chi connectivity index (χ2n) is 8.78. The molecule has 27 heavy (non-hydrogen) atoms. The lowest BCUT2D eigenvalue weighted by atomic mass is 10.0. The Bertz CT molecular complexity index is 265. The zero-order chi connectivity index (χ0) is 19.7. The van der Waals surface area contributed by atoms with E-state index < -0.39 is 0 Å². The summed E-state index contributed by atoms with van der Waals surface area (Å²) in [7, 11) is 0. The molecule has 0 saturated heterocycles. The van der Waals surface area contributed by atoms with Crippen LogP contribution in [0.3, 0.4) is 0 Å². The van der Waals surface area contributed by atoms with Crippen LogP contribution in [-0.2, 0) is 0 Å². The van der Waals surface area contributed by atoms with Gasteiger partial charge in [0.1, 0.15) is 0 Å². The highest BCUT2D eigenvalue weighted by molar-refractivity contribution is 4.76. The Hall–Kier alpha value is -0.260. The van der Waals surface area contributed by atoms with Crippen LogP contribution in [0.2, 0.25) is 0 Å². The van der Waals surface area contributed by atoms with E-state index in [-0.39, 0.29) is 0 Å². The Balaban J connectivity index is 2.97. The topological polar surface area (TPSA) is 0 Å². The molecule has 0 aromatic heterocycles. The van der Waals surface area contributed by atoms with Crippen LogP contribution in [0.25, 0.3) is 0 Å². The van der Waals surface area contributed by atoms with Gasteiger partial charge in [0.05, 0.1) is 0 Å². The van der Waals surface area contributed by atoms with E-state index in [4.69, 9.17) is 0 Å². The summed E-state index contributed by atoms with van der Waals surface area (Å²) in [6.07, 6.45) is 38.1. The predicted octanol–water partition coefficient (Wildman–Crippen LogP) is 10.6. The summed E-state index contributed by atoms with van der Waals surface area (Å²) in [4.78, 5) is 0. The highest BCUT2D eigenvalue weighted by Crippen LogP contribution is 2.15. The Labute approximate surface area is 174 Å². The molecule has 0 rings (SSSR count). The minimum Gasteiger partial charge on any atom is -0.0917 e. The van der Waals surface area contributed by atoms with E-state index in [1.54, 1.807) is 0 Å². The number of allylic oxidation sites excluding steroid dienone is 2. The quantitative estimate of drug-likeness (QED) is 0.122. The average Bonchev–Trinajstić information content (AvgIpc) is 2.68. The minimum atomic E-state index is 1.29. The Morgan fingerprint density at radius 3 is 0.889 bits per heavy atom. The molecule has 0 fully saturated rings. The number of unbranched alkanes of at least 4 members (excludes halogenated alkanes) is 22. The van der Waals surface area contributed by atoms with E-state index in [9.17, 15) is 0 Å². The molecule has 0 radical (unpaired) electrons. The molecule has 0 saturated carbocycles. The lowest BCUT2D eigenvalue weighted by Gasteiger charge is -2.04. The summed E-state index contributed by atoms with van der Waals surface area (Å²) in [6.45, 7) is 4.43. The summed E-state index contributed by atoms with van der Waals surface area (Å²) >= 11 is 0. The molecular formula is C27H54. The molecular weight excluding hydrogens is 324 g/mol. The first-order valence-corrected chi connectivity index (χ1v) is 13.0. The molecule has 0 spiro atoms. The molecule has 0 N–H and O–H groups in total. The van der Waals surface area contributed by atoms with Gasteiger partial charge in [-0.1, -0.05) is 154 Å². The molecule has 0 heterocycles. The molecule has 0 amide bonds. The van der Waals surface area contributed by atoms with Crippen LogP contribution >= 0.6 is 0 Å². The van der Waals surface area contributed by atoms with Gasteiger partial charge in [-0.3, -0.25) is 0 Å². The van der Waals surface area contributed by atoms with Gasteiger partial charge in [0.25, 0.3) is 0 Å². The van der Waals surface area contributed by atoms with Crippen LogP contribution in [0, 0.1) is 0 Å². The normalized spacial score (nSPS) is 11.6. The van der Waals surface area contributed by atoms with Gasteiger partial charge in [0.15, 0.2) is 0 Å². The van der Waals surface area contributed by atoms with Crippen molar-refractivity contribution in [2.24, 2.45) is 0 Å². The lowest BCUT2D eigenvalue weighted by Crippen LogP contribution is -1.84. The Morgan fingerprint density at radius 2 is 0.630 bits per heavy atom. The molecule has 0 bridgehead atoms. The maximum atomic E-state index is 2.30. The summed E-state index contributed by atoms with van der Waals surface area (Å²) < 4.78 is 0. The molecule has 0 aliphatic rings. The average molecular weight is 379 g/mol. The first-order valence-electron chi connectivity index (χ1n) is 13.0. The molecule has 0 heteroatoms. The summed E-state index contributed by atoms with van der Waals surface area (Å²) in [5, 5.41) is 0. The smallest absolute Gasteiger partial charge is 0.0351 e. The molecule has 0 nitrogen and oxygen atoms in total. The molecule has 0 aliphatic carbocycles. The summed E-state index contributed by atoms with van der Waals surface area (Å²) in [6, 6.07) is 0. The number of hydrogen-bond acceptors (Lipinski definition) is 0. The van der Waals surface area contributed by atoms with Crippen molar-refractivity contribution in [1.29, 1.82) is 0 Å². The van der Waals surface area contributed by atoms with Crippen molar-refractivity contribution < 1.29 is 0 Å². The van der Waals surface area contributed by atoms with Crippen molar-refractivity contribution in [3.8, 4) is 0 Å². The van der Waals surface area contributed by atoms with Crippen molar-refractivity contribution in [2.75, 3.05) is 0 Å². The third-order valence-corrected chi connectivity index (χ3v) is 5.96. The zero-order valence-corrected chi connectivity index (χ0v) is 19.4. The van der Waals surface area contributed by atoms with Crippen LogP contribution < -0.4 is 0 Å². The number of hydrogen-bond donors (Lipinski definition) is 0. The fraction of sp³-hybridized carbons (Fsp3) is 0.926. The van der Waals surface area contributed by atoms with Crippen molar-refractivity contribution in [1.82, 2.24) is 0 Å². The van der Waals surface area contributed by atoms with Gasteiger partial charge in [0.2, 0.25) is 0 Å². The highest BCUT2D eigenvalue weighted by atomic mass is 14.0. The van der Waals surface area contributed by atoms with Crippen molar-refractivity contribution >= 4 is 0 Å². The fourth-order valence-electron chi connectivity index (χ4n) is 4.04. The third kappa shape index (κ3) is 25.7. The Kier molecular flexibility index (Phi) is 25.5. The maximum Gasteiger partial charge on any atom is -0.0351 e. The second kappa shape index (κ2) is 25.7. The standard InChI is InChI=1S/C27H54/c1-3-5-7-9-11-13-15-17-19-21-23-25-27-26-24-22-20-18-16-14-12-10-8-6-4-2/h3,5H,4,6-27H2,1-2H3. The predicted molar refractivity (Wildman–Crippen MR) is 127 cm³/mol. The van der Waals surface area contributed by atoms with Crippen LogP contribution in [0.5, 0.6) is 0 Å². The van der Waals surface area contributed by atoms with E-state index in [1.807, 2.05) is 0 Å². The summed E-state index contributed by atoms with van der Waals surface area (Å²) in [5.41, 5.74) is 0. The fourth-order valence-corrected chi connectivity index (χ4v) is 4.04.